The number of carbonyl (C=O) groups is 2. The molecule has 1 saturated carbocycles. The van der Waals surface area contributed by atoms with Gasteiger partial charge in [0.15, 0.2) is 0 Å². The second-order valence-electron chi connectivity index (χ2n) is 7.82. The standard InChI is InChI=1S/C21H31N3O4/c1-3-12-28-17-6-4-15(5-7-17)20(26)22-18-13-16(14-19(18)25)21(27)24-10-8-23(2)9-11-24/h4-7,16,18-19,25H,3,8-14H2,1-2H3,(H,22,26)/t16-,18-,19-/m0/s1. The van der Waals surface area contributed by atoms with Crippen molar-refractivity contribution in [1.82, 2.24) is 15.1 Å². The van der Waals surface area contributed by atoms with Crippen molar-refractivity contribution >= 4 is 11.8 Å². The lowest BCUT2D eigenvalue weighted by Gasteiger charge is -2.34. The average Bonchev–Trinajstić information content (AvgIpc) is 3.07. The minimum absolute atomic E-state index is 0.0984. The molecular formula is C21H31N3O4. The summed E-state index contributed by atoms with van der Waals surface area (Å²) in [6, 6.07) is 6.58. The summed E-state index contributed by atoms with van der Waals surface area (Å²) in [5.74, 6) is 0.366. The van der Waals surface area contributed by atoms with Crippen molar-refractivity contribution in [3.8, 4) is 5.75 Å². The van der Waals surface area contributed by atoms with Crippen LogP contribution in [0, 0.1) is 5.92 Å². The van der Waals surface area contributed by atoms with Crippen molar-refractivity contribution in [3.63, 3.8) is 0 Å². The molecule has 7 heteroatoms. The number of nitrogens with one attached hydrogen (secondary N) is 1. The van der Waals surface area contributed by atoms with Gasteiger partial charge in [-0.3, -0.25) is 9.59 Å². The van der Waals surface area contributed by atoms with E-state index in [0.717, 1.165) is 38.3 Å². The maximum Gasteiger partial charge on any atom is 0.251 e. The van der Waals surface area contributed by atoms with Gasteiger partial charge in [0.1, 0.15) is 5.75 Å². The summed E-state index contributed by atoms with van der Waals surface area (Å²) in [5.41, 5.74) is 0.518. The molecule has 1 aliphatic carbocycles. The van der Waals surface area contributed by atoms with Gasteiger partial charge in [0.2, 0.25) is 5.91 Å². The van der Waals surface area contributed by atoms with Crippen molar-refractivity contribution in [3.05, 3.63) is 29.8 Å². The Labute approximate surface area is 166 Å². The third kappa shape index (κ3) is 5.02. The fourth-order valence-electron chi connectivity index (χ4n) is 3.83. The first-order valence-electron chi connectivity index (χ1n) is 10.2. The number of aliphatic hydroxyl groups excluding tert-OH is 1. The van der Waals surface area contributed by atoms with Crippen LogP contribution in [0.25, 0.3) is 0 Å². The molecule has 0 spiro atoms. The highest BCUT2D eigenvalue weighted by molar-refractivity contribution is 5.94. The van der Waals surface area contributed by atoms with E-state index in [4.69, 9.17) is 4.74 Å². The Morgan fingerprint density at radius 1 is 1.14 bits per heavy atom. The minimum Gasteiger partial charge on any atom is -0.494 e. The van der Waals surface area contributed by atoms with Crippen LogP contribution in [0.2, 0.25) is 0 Å². The molecule has 1 aromatic rings. The molecular weight excluding hydrogens is 358 g/mol. The zero-order valence-electron chi connectivity index (χ0n) is 16.8. The molecule has 1 aliphatic heterocycles. The summed E-state index contributed by atoms with van der Waals surface area (Å²) in [6.07, 6.45) is 1.11. The van der Waals surface area contributed by atoms with Gasteiger partial charge in [-0.05, 0) is 50.6 Å². The van der Waals surface area contributed by atoms with Crippen LogP contribution in [0.3, 0.4) is 0 Å². The summed E-state index contributed by atoms with van der Waals surface area (Å²) in [7, 11) is 2.05. The minimum atomic E-state index is -0.697. The molecule has 2 fully saturated rings. The zero-order valence-corrected chi connectivity index (χ0v) is 16.8. The maximum atomic E-state index is 12.7. The second kappa shape index (κ2) is 9.39. The first-order valence-corrected chi connectivity index (χ1v) is 10.2. The molecule has 0 radical (unpaired) electrons. The summed E-state index contributed by atoms with van der Waals surface area (Å²) in [5, 5.41) is 13.3. The van der Waals surface area contributed by atoms with E-state index in [1.165, 1.54) is 0 Å². The highest BCUT2D eigenvalue weighted by Crippen LogP contribution is 2.28. The van der Waals surface area contributed by atoms with Gasteiger partial charge in [-0.2, -0.15) is 0 Å². The number of rotatable bonds is 6. The monoisotopic (exact) mass is 389 g/mol. The molecule has 1 aromatic carbocycles. The number of aliphatic hydroxyl groups is 1. The Kier molecular flexibility index (Phi) is 6.91. The highest BCUT2D eigenvalue weighted by Gasteiger charge is 2.39. The van der Waals surface area contributed by atoms with Gasteiger partial charge in [0.05, 0.1) is 18.8 Å². The van der Waals surface area contributed by atoms with E-state index < -0.39 is 12.1 Å². The number of benzene rings is 1. The first kappa shape index (κ1) is 20.6. The lowest BCUT2D eigenvalue weighted by atomic mass is 10.1. The van der Waals surface area contributed by atoms with Crippen LogP contribution < -0.4 is 10.1 Å². The van der Waals surface area contributed by atoms with Crippen LogP contribution in [-0.4, -0.2) is 78.7 Å². The number of hydrogen-bond acceptors (Lipinski definition) is 5. The smallest absolute Gasteiger partial charge is 0.251 e. The predicted octanol–water partition coefficient (Wildman–Crippen LogP) is 1.12. The molecule has 2 aliphatic rings. The number of ether oxygens (including phenoxy) is 1. The fourth-order valence-corrected chi connectivity index (χ4v) is 3.83. The fraction of sp³-hybridized carbons (Fsp3) is 0.619. The van der Waals surface area contributed by atoms with Crippen LogP contribution in [0.5, 0.6) is 5.75 Å². The van der Waals surface area contributed by atoms with Gasteiger partial charge >= 0.3 is 0 Å². The highest BCUT2D eigenvalue weighted by atomic mass is 16.5. The van der Waals surface area contributed by atoms with Gasteiger partial charge in [-0.1, -0.05) is 6.92 Å². The number of piperazine rings is 1. The molecule has 0 aromatic heterocycles. The third-order valence-electron chi connectivity index (χ3n) is 5.60. The summed E-state index contributed by atoms with van der Waals surface area (Å²) in [4.78, 5) is 29.4. The van der Waals surface area contributed by atoms with Gasteiger partial charge < -0.3 is 25.0 Å². The quantitative estimate of drug-likeness (QED) is 0.762. The Hall–Kier alpha value is -2.12. The van der Waals surface area contributed by atoms with Crippen molar-refractivity contribution < 1.29 is 19.4 Å². The predicted molar refractivity (Wildman–Crippen MR) is 106 cm³/mol. The summed E-state index contributed by atoms with van der Waals surface area (Å²) < 4.78 is 5.53. The first-order chi connectivity index (χ1) is 13.5. The van der Waals surface area contributed by atoms with E-state index in [2.05, 4.69) is 17.3 Å². The molecule has 28 heavy (non-hydrogen) atoms. The normalized spacial score (nSPS) is 25.5. The van der Waals surface area contributed by atoms with Gasteiger partial charge in [-0.15, -0.1) is 0 Å². The largest absolute Gasteiger partial charge is 0.494 e. The molecule has 0 unspecified atom stereocenters. The zero-order chi connectivity index (χ0) is 20.1. The lowest BCUT2D eigenvalue weighted by molar-refractivity contribution is -0.137. The maximum absolute atomic E-state index is 12.7. The topological polar surface area (TPSA) is 82.1 Å². The van der Waals surface area contributed by atoms with E-state index >= 15 is 0 Å². The molecule has 154 valence electrons. The molecule has 2 amide bonds. The van der Waals surface area contributed by atoms with Crippen molar-refractivity contribution in [2.45, 2.75) is 38.3 Å². The molecule has 2 N–H and O–H groups in total. The van der Waals surface area contributed by atoms with E-state index in [1.807, 2.05) is 11.8 Å². The third-order valence-corrected chi connectivity index (χ3v) is 5.60. The summed E-state index contributed by atoms with van der Waals surface area (Å²) >= 11 is 0. The van der Waals surface area contributed by atoms with E-state index in [1.54, 1.807) is 24.3 Å². The lowest BCUT2D eigenvalue weighted by Crippen LogP contribution is -2.49. The van der Waals surface area contributed by atoms with Crippen LogP contribution in [0.15, 0.2) is 24.3 Å². The Morgan fingerprint density at radius 3 is 2.46 bits per heavy atom. The molecule has 7 nitrogen and oxygen atoms in total. The number of likely N-dealkylation sites (N-methyl/N-ethyl adjacent to an activating group) is 1. The van der Waals surface area contributed by atoms with Crippen molar-refractivity contribution in [2.24, 2.45) is 5.92 Å². The van der Waals surface area contributed by atoms with Gasteiger partial charge in [0.25, 0.3) is 5.91 Å². The SMILES string of the molecule is CCCOc1ccc(C(=O)N[C@H]2C[C@H](C(=O)N3CCN(C)CC3)C[C@@H]2O)cc1. The van der Waals surface area contributed by atoms with Crippen LogP contribution >= 0.6 is 0 Å². The molecule has 1 heterocycles. The van der Waals surface area contributed by atoms with Crippen LogP contribution in [-0.2, 0) is 4.79 Å². The average molecular weight is 389 g/mol. The van der Waals surface area contributed by atoms with Crippen LogP contribution in [0.4, 0.5) is 0 Å². The summed E-state index contributed by atoms with van der Waals surface area (Å²) in [6.45, 7) is 5.88. The van der Waals surface area contributed by atoms with Gasteiger partial charge in [-0.25, -0.2) is 0 Å². The molecule has 3 rings (SSSR count). The Balaban J connectivity index is 1.53. The Morgan fingerprint density at radius 2 is 1.82 bits per heavy atom. The number of carbonyl (C=O) groups excluding carboxylic acids is 2. The molecule has 1 saturated heterocycles. The van der Waals surface area contributed by atoms with Crippen molar-refractivity contribution in [1.29, 1.82) is 0 Å². The van der Waals surface area contributed by atoms with Crippen molar-refractivity contribution in [2.75, 3.05) is 39.8 Å². The number of hydrogen-bond donors (Lipinski definition) is 2. The van der Waals surface area contributed by atoms with E-state index in [0.29, 0.717) is 25.0 Å². The molecule has 3 atom stereocenters. The van der Waals surface area contributed by atoms with E-state index in [-0.39, 0.29) is 17.7 Å². The second-order valence-corrected chi connectivity index (χ2v) is 7.82. The van der Waals surface area contributed by atoms with E-state index in [9.17, 15) is 14.7 Å². The molecule has 0 bridgehead atoms. The number of nitrogens with zero attached hydrogens (tertiary/aromatic N) is 2. The van der Waals surface area contributed by atoms with Gasteiger partial charge in [0, 0.05) is 37.7 Å². The number of amides is 2. The van der Waals surface area contributed by atoms with Crippen LogP contribution in [0.1, 0.15) is 36.5 Å². The Bertz CT molecular complexity index is 671.